The maximum absolute atomic E-state index is 6.16. The normalized spacial score (nSPS) is 10.5. The molecule has 2 aromatic rings. The van der Waals surface area contributed by atoms with Gasteiger partial charge in [0, 0.05) is 30.0 Å². The fourth-order valence-corrected chi connectivity index (χ4v) is 2.48. The minimum atomic E-state index is 0.748. The van der Waals surface area contributed by atoms with Crippen molar-refractivity contribution < 1.29 is 0 Å². The van der Waals surface area contributed by atoms with Crippen molar-refractivity contribution in [2.24, 2.45) is 0 Å². The van der Waals surface area contributed by atoms with Crippen molar-refractivity contribution in [3.05, 3.63) is 41.0 Å². The molecule has 2 rings (SSSR count). The lowest BCUT2D eigenvalue weighted by Gasteiger charge is -2.21. The highest BCUT2D eigenvalue weighted by molar-refractivity contribution is 6.31. The van der Waals surface area contributed by atoms with Gasteiger partial charge >= 0.3 is 0 Å². The molecule has 1 N–H and O–H groups in total. The zero-order valence-corrected chi connectivity index (χ0v) is 14.2. The number of hydrogen-bond acceptors (Lipinski definition) is 4. The van der Waals surface area contributed by atoms with Crippen LogP contribution in [0.25, 0.3) is 0 Å². The van der Waals surface area contributed by atoms with E-state index < -0.39 is 0 Å². The van der Waals surface area contributed by atoms with Gasteiger partial charge in [-0.25, -0.2) is 4.98 Å². The molecule has 0 amide bonds. The maximum atomic E-state index is 6.16. The summed E-state index contributed by atoms with van der Waals surface area (Å²) >= 11 is 6.16. The molecule has 0 aliphatic rings. The van der Waals surface area contributed by atoms with Crippen molar-refractivity contribution in [1.29, 1.82) is 0 Å². The van der Waals surface area contributed by atoms with E-state index in [9.17, 15) is 0 Å². The highest BCUT2D eigenvalue weighted by atomic mass is 35.5. The standard InChI is InChI=1S/C17H23ClN4/c1-4-11-22(12-5-2)17-19-10-9-16(21-17)20-15-8-6-7-14(18)13(15)3/h6-10H,4-5,11-12H2,1-3H3,(H,19,20,21). The van der Waals surface area contributed by atoms with Crippen LogP contribution in [0.5, 0.6) is 0 Å². The largest absolute Gasteiger partial charge is 0.341 e. The molecule has 0 spiro atoms. The Bertz CT molecular complexity index is 609. The molecule has 1 heterocycles. The van der Waals surface area contributed by atoms with E-state index in [-0.39, 0.29) is 0 Å². The fraction of sp³-hybridized carbons (Fsp3) is 0.412. The Morgan fingerprint density at radius 2 is 1.86 bits per heavy atom. The predicted octanol–water partition coefficient (Wildman–Crippen LogP) is 4.81. The van der Waals surface area contributed by atoms with Crippen LogP contribution >= 0.6 is 11.6 Å². The van der Waals surface area contributed by atoms with Crippen molar-refractivity contribution in [2.75, 3.05) is 23.3 Å². The second-order valence-electron chi connectivity index (χ2n) is 5.27. The summed E-state index contributed by atoms with van der Waals surface area (Å²) in [5, 5.41) is 4.08. The summed E-state index contributed by atoms with van der Waals surface area (Å²) < 4.78 is 0. The maximum Gasteiger partial charge on any atom is 0.227 e. The number of benzene rings is 1. The highest BCUT2D eigenvalue weighted by Gasteiger charge is 2.09. The summed E-state index contributed by atoms with van der Waals surface area (Å²) in [5.41, 5.74) is 1.98. The molecule has 118 valence electrons. The first kappa shape index (κ1) is 16.6. The number of halogens is 1. The third kappa shape index (κ3) is 4.10. The monoisotopic (exact) mass is 318 g/mol. The quantitative estimate of drug-likeness (QED) is 0.795. The van der Waals surface area contributed by atoms with E-state index in [1.165, 1.54) is 0 Å². The van der Waals surface area contributed by atoms with Crippen LogP contribution < -0.4 is 10.2 Å². The van der Waals surface area contributed by atoms with Crippen LogP contribution in [0, 0.1) is 6.92 Å². The summed E-state index contributed by atoms with van der Waals surface area (Å²) in [5.74, 6) is 1.56. The summed E-state index contributed by atoms with van der Waals surface area (Å²) in [6.07, 6.45) is 3.95. The lowest BCUT2D eigenvalue weighted by molar-refractivity contribution is 0.721. The summed E-state index contributed by atoms with van der Waals surface area (Å²) in [4.78, 5) is 11.3. The first-order valence-corrected chi connectivity index (χ1v) is 8.13. The van der Waals surface area contributed by atoms with E-state index in [0.717, 1.165) is 54.0 Å². The summed E-state index contributed by atoms with van der Waals surface area (Å²) in [7, 11) is 0. The molecule has 0 fully saturated rings. The molecule has 0 bridgehead atoms. The highest BCUT2D eigenvalue weighted by Crippen LogP contribution is 2.25. The minimum Gasteiger partial charge on any atom is -0.341 e. The van der Waals surface area contributed by atoms with Crippen molar-refractivity contribution in [2.45, 2.75) is 33.6 Å². The Hall–Kier alpha value is -1.81. The van der Waals surface area contributed by atoms with Gasteiger partial charge in [-0.05, 0) is 43.5 Å². The zero-order chi connectivity index (χ0) is 15.9. The van der Waals surface area contributed by atoms with Crippen molar-refractivity contribution >= 4 is 29.1 Å². The lowest BCUT2D eigenvalue weighted by Crippen LogP contribution is -2.27. The topological polar surface area (TPSA) is 41.1 Å². The van der Waals surface area contributed by atoms with Crippen LogP contribution in [0.15, 0.2) is 30.5 Å². The Morgan fingerprint density at radius 3 is 2.55 bits per heavy atom. The molecule has 0 radical (unpaired) electrons. The molecule has 0 aliphatic carbocycles. The van der Waals surface area contributed by atoms with Gasteiger partial charge in [-0.3, -0.25) is 0 Å². The lowest BCUT2D eigenvalue weighted by atomic mass is 10.2. The minimum absolute atomic E-state index is 0.748. The van der Waals surface area contributed by atoms with Gasteiger partial charge in [0.05, 0.1) is 0 Å². The second kappa shape index (κ2) is 7.99. The van der Waals surface area contributed by atoms with Gasteiger partial charge in [0.25, 0.3) is 0 Å². The van der Waals surface area contributed by atoms with Crippen LogP contribution in [0.3, 0.4) is 0 Å². The van der Waals surface area contributed by atoms with Crippen LogP contribution in [0.1, 0.15) is 32.3 Å². The molecule has 0 saturated heterocycles. The third-order valence-electron chi connectivity index (χ3n) is 3.44. The van der Waals surface area contributed by atoms with E-state index in [0.29, 0.717) is 0 Å². The van der Waals surface area contributed by atoms with Crippen LogP contribution in [0.2, 0.25) is 5.02 Å². The van der Waals surface area contributed by atoms with Crippen molar-refractivity contribution in [3.8, 4) is 0 Å². The Balaban J connectivity index is 2.22. The Labute approximate surface area is 137 Å². The first-order chi connectivity index (χ1) is 10.7. The van der Waals surface area contributed by atoms with E-state index in [2.05, 4.69) is 34.0 Å². The first-order valence-electron chi connectivity index (χ1n) is 7.75. The molecule has 22 heavy (non-hydrogen) atoms. The predicted molar refractivity (Wildman–Crippen MR) is 94.3 cm³/mol. The van der Waals surface area contributed by atoms with Gasteiger partial charge in [-0.2, -0.15) is 4.98 Å². The molecule has 0 aliphatic heterocycles. The van der Waals surface area contributed by atoms with E-state index in [1.54, 1.807) is 6.20 Å². The van der Waals surface area contributed by atoms with Gasteiger partial charge in [0.2, 0.25) is 5.95 Å². The molecule has 1 aromatic heterocycles. The van der Waals surface area contributed by atoms with Gasteiger partial charge in [-0.15, -0.1) is 0 Å². The summed E-state index contributed by atoms with van der Waals surface area (Å²) in [6, 6.07) is 7.69. The number of rotatable bonds is 7. The smallest absolute Gasteiger partial charge is 0.227 e. The number of hydrogen-bond donors (Lipinski definition) is 1. The molecule has 0 saturated carbocycles. The molecule has 4 nitrogen and oxygen atoms in total. The molecule has 5 heteroatoms. The average molecular weight is 319 g/mol. The van der Waals surface area contributed by atoms with E-state index in [4.69, 9.17) is 11.6 Å². The van der Waals surface area contributed by atoms with E-state index in [1.807, 2.05) is 31.2 Å². The number of nitrogens with one attached hydrogen (secondary N) is 1. The molecular formula is C17H23ClN4. The van der Waals surface area contributed by atoms with Gasteiger partial charge in [0.15, 0.2) is 0 Å². The fourth-order valence-electron chi connectivity index (χ4n) is 2.30. The molecule has 0 atom stereocenters. The SMILES string of the molecule is CCCN(CCC)c1nccc(Nc2cccc(Cl)c2C)n1. The Kier molecular flexibility index (Phi) is 6.01. The third-order valence-corrected chi connectivity index (χ3v) is 3.85. The molecule has 0 unspecified atom stereocenters. The van der Waals surface area contributed by atoms with Crippen molar-refractivity contribution in [3.63, 3.8) is 0 Å². The van der Waals surface area contributed by atoms with Gasteiger partial charge < -0.3 is 10.2 Å². The second-order valence-corrected chi connectivity index (χ2v) is 5.67. The average Bonchev–Trinajstić information content (AvgIpc) is 2.52. The van der Waals surface area contributed by atoms with Crippen LogP contribution in [-0.2, 0) is 0 Å². The van der Waals surface area contributed by atoms with Crippen molar-refractivity contribution in [1.82, 2.24) is 9.97 Å². The summed E-state index contributed by atoms with van der Waals surface area (Å²) in [6.45, 7) is 8.26. The number of anilines is 3. The number of nitrogens with zero attached hydrogens (tertiary/aromatic N) is 3. The van der Waals surface area contributed by atoms with Gasteiger partial charge in [0.1, 0.15) is 5.82 Å². The van der Waals surface area contributed by atoms with Crippen LogP contribution in [0.4, 0.5) is 17.5 Å². The van der Waals surface area contributed by atoms with E-state index >= 15 is 0 Å². The Morgan fingerprint density at radius 1 is 1.14 bits per heavy atom. The van der Waals surface area contributed by atoms with Gasteiger partial charge in [-0.1, -0.05) is 31.5 Å². The van der Waals surface area contributed by atoms with Crippen LogP contribution in [-0.4, -0.2) is 23.1 Å². The number of aromatic nitrogens is 2. The molecule has 1 aromatic carbocycles. The zero-order valence-electron chi connectivity index (χ0n) is 13.4. The molecular weight excluding hydrogens is 296 g/mol.